The second-order valence-corrected chi connectivity index (χ2v) is 9.48. The van der Waals surface area contributed by atoms with Gasteiger partial charge in [0.2, 0.25) is 10.0 Å². The summed E-state index contributed by atoms with van der Waals surface area (Å²) < 4.78 is 32.1. The quantitative estimate of drug-likeness (QED) is 0.885. The van der Waals surface area contributed by atoms with Crippen molar-refractivity contribution >= 4 is 21.6 Å². The molecule has 1 aliphatic heterocycles. The molecule has 1 aromatic rings. The molecule has 2 bridgehead atoms. The molecule has 136 valence electrons. The third kappa shape index (κ3) is 2.99. The normalized spacial score (nSPS) is 30.7. The lowest BCUT2D eigenvalue weighted by molar-refractivity contribution is -0.128. The van der Waals surface area contributed by atoms with Crippen molar-refractivity contribution in [2.75, 3.05) is 16.6 Å². The van der Waals surface area contributed by atoms with E-state index in [4.69, 9.17) is 4.74 Å². The predicted octanol–water partition coefficient (Wildman–Crippen LogP) is 1.91. The number of carbonyl (C=O) groups excluding carboxylic acids is 1. The van der Waals surface area contributed by atoms with Crippen LogP contribution in [-0.2, 0) is 14.8 Å². The van der Waals surface area contributed by atoms with E-state index in [1.807, 2.05) is 0 Å². The van der Waals surface area contributed by atoms with Crippen LogP contribution in [0.5, 0.6) is 5.75 Å². The number of anilines is 1. The summed E-state index contributed by atoms with van der Waals surface area (Å²) in [5.74, 6) is 1.53. The van der Waals surface area contributed by atoms with E-state index in [1.165, 1.54) is 23.6 Å². The molecule has 6 nitrogen and oxygen atoms in total. The highest BCUT2D eigenvalue weighted by molar-refractivity contribution is 7.92. The highest BCUT2D eigenvalue weighted by Gasteiger charge is 2.42. The van der Waals surface area contributed by atoms with Gasteiger partial charge >= 0.3 is 0 Å². The summed E-state index contributed by atoms with van der Waals surface area (Å²) in [6, 6.07) is 7.20. The number of benzene rings is 1. The number of carbonyl (C=O) groups is 1. The Labute approximate surface area is 148 Å². The smallest absolute Gasteiger partial charge is 0.263 e. The molecule has 0 saturated heterocycles. The van der Waals surface area contributed by atoms with Gasteiger partial charge in [0, 0.05) is 6.04 Å². The summed E-state index contributed by atoms with van der Waals surface area (Å²) in [4.78, 5) is 12.7. The van der Waals surface area contributed by atoms with Crippen LogP contribution < -0.4 is 14.4 Å². The van der Waals surface area contributed by atoms with E-state index < -0.39 is 16.1 Å². The number of amides is 1. The number of rotatable bonds is 4. The first-order chi connectivity index (χ1) is 12.0. The molecule has 1 aromatic carbocycles. The number of fused-ring (bicyclic) bond motifs is 3. The number of sulfonamides is 1. The van der Waals surface area contributed by atoms with E-state index in [1.54, 1.807) is 31.2 Å². The van der Waals surface area contributed by atoms with Gasteiger partial charge in [-0.15, -0.1) is 0 Å². The van der Waals surface area contributed by atoms with Gasteiger partial charge in [0.15, 0.2) is 6.10 Å². The van der Waals surface area contributed by atoms with E-state index in [0.717, 1.165) is 12.3 Å². The molecule has 1 N–H and O–H groups in total. The van der Waals surface area contributed by atoms with Gasteiger partial charge in [-0.1, -0.05) is 18.6 Å². The molecule has 4 rings (SSSR count). The van der Waals surface area contributed by atoms with Crippen LogP contribution in [0.2, 0.25) is 0 Å². The lowest BCUT2D eigenvalue weighted by Crippen LogP contribution is -2.53. The molecule has 1 amide bonds. The summed E-state index contributed by atoms with van der Waals surface area (Å²) in [6.07, 6.45) is 3.88. The van der Waals surface area contributed by atoms with E-state index >= 15 is 0 Å². The van der Waals surface area contributed by atoms with Gasteiger partial charge in [0.1, 0.15) is 5.75 Å². The SMILES string of the molecule is CCS(=O)(=O)N1CC(C(=O)NC2CC3CCC2C3)Oc2ccccc21. The van der Waals surface area contributed by atoms with Gasteiger partial charge in [0.25, 0.3) is 5.91 Å². The Balaban J connectivity index is 1.54. The van der Waals surface area contributed by atoms with Crippen LogP contribution in [0.15, 0.2) is 24.3 Å². The molecule has 2 saturated carbocycles. The highest BCUT2D eigenvalue weighted by atomic mass is 32.2. The molecule has 25 heavy (non-hydrogen) atoms. The van der Waals surface area contributed by atoms with Crippen molar-refractivity contribution < 1.29 is 17.9 Å². The Morgan fingerprint density at radius 3 is 2.76 bits per heavy atom. The third-order valence-corrected chi connectivity index (χ3v) is 7.54. The first-order valence-electron chi connectivity index (χ1n) is 9.04. The molecule has 3 aliphatic rings. The van der Waals surface area contributed by atoms with Gasteiger partial charge < -0.3 is 10.1 Å². The lowest BCUT2D eigenvalue weighted by Gasteiger charge is -2.35. The summed E-state index contributed by atoms with van der Waals surface area (Å²) in [7, 11) is -3.46. The Kier molecular flexibility index (Phi) is 4.14. The van der Waals surface area contributed by atoms with Crippen LogP contribution in [-0.4, -0.2) is 38.8 Å². The largest absolute Gasteiger partial charge is 0.476 e. The standard InChI is InChI=1S/C18H24N2O4S/c1-2-25(22,23)20-11-17(24-16-6-4-3-5-15(16)20)18(21)19-14-10-12-7-8-13(14)9-12/h3-6,12-14,17H,2,7-11H2,1H3,(H,19,21). The second-order valence-electron chi connectivity index (χ2n) is 7.30. The van der Waals surface area contributed by atoms with Gasteiger partial charge in [-0.25, -0.2) is 8.42 Å². The van der Waals surface area contributed by atoms with Crippen LogP contribution in [0.1, 0.15) is 32.6 Å². The molecule has 7 heteroatoms. The third-order valence-electron chi connectivity index (χ3n) is 5.79. The number of hydrogen-bond acceptors (Lipinski definition) is 4. The maximum Gasteiger partial charge on any atom is 0.263 e. The van der Waals surface area contributed by atoms with E-state index in [-0.39, 0.29) is 24.2 Å². The van der Waals surface area contributed by atoms with Crippen molar-refractivity contribution in [3.8, 4) is 5.75 Å². The minimum Gasteiger partial charge on any atom is -0.476 e. The first kappa shape index (κ1) is 16.7. The summed E-state index contributed by atoms with van der Waals surface area (Å²) in [5.41, 5.74) is 0.508. The van der Waals surface area contributed by atoms with Crippen molar-refractivity contribution in [3.63, 3.8) is 0 Å². The topological polar surface area (TPSA) is 75.7 Å². The van der Waals surface area contributed by atoms with Gasteiger partial charge in [-0.05, 0) is 50.2 Å². The Bertz CT molecular complexity index is 779. The minimum absolute atomic E-state index is 0.0119. The number of nitrogens with one attached hydrogen (secondary N) is 1. The zero-order chi connectivity index (χ0) is 17.6. The van der Waals surface area contributed by atoms with Gasteiger partial charge in [0.05, 0.1) is 18.0 Å². The molecule has 1 heterocycles. The molecule has 2 aliphatic carbocycles. The van der Waals surface area contributed by atoms with Crippen molar-refractivity contribution in [3.05, 3.63) is 24.3 Å². The highest BCUT2D eigenvalue weighted by Crippen LogP contribution is 2.44. The van der Waals surface area contributed by atoms with Crippen molar-refractivity contribution in [2.45, 2.75) is 44.8 Å². The molecular weight excluding hydrogens is 340 g/mol. The fourth-order valence-electron chi connectivity index (χ4n) is 4.46. The van der Waals surface area contributed by atoms with Crippen molar-refractivity contribution in [1.29, 1.82) is 0 Å². The van der Waals surface area contributed by atoms with Crippen LogP contribution >= 0.6 is 0 Å². The molecule has 4 atom stereocenters. The Morgan fingerprint density at radius 1 is 1.28 bits per heavy atom. The molecule has 0 radical (unpaired) electrons. The number of hydrogen-bond donors (Lipinski definition) is 1. The summed E-state index contributed by atoms with van der Waals surface area (Å²) in [5, 5.41) is 3.12. The summed E-state index contributed by atoms with van der Waals surface area (Å²) >= 11 is 0. The molecule has 0 spiro atoms. The van der Waals surface area contributed by atoms with Gasteiger partial charge in [-0.3, -0.25) is 9.10 Å². The maximum absolute atomic E-state index is 12.7. The van der Waals surface area contributed by atoms with Crippen LogP contribution in [0.25, 0.3) is 0 Å². The van der Waals surface area contributed by atoms with Crippen molar-refractivity contribution in [1.82, 2.24) is 5.32 Å². The fraction of sp³-hybridized carbons (Fsp3) is 0.611. The van der Waals surface area contributed by atoms with Crippen LogP contribution in [0, 0.1) is 11.8 Å². The zero-order valence-corrected chi connectivity index (χ0v) is 15.2. The van der Waals surface area contributed by atoms with E-state index in [0.29, 0.717) is 17.4 Å². The van der Waals surface area contributed by atoms with E-state index in [2.05, 4.69) is 5.32 Å². The van der Waals surface area contributed by atoms with Crippen molar-refractivity contribution in [2.24, 2.45) is 11.8 Å². The molecule has 0 aromatic heterocycles. The molecular formula is C18H24N2O4S. The number of para-hydroxylation sites is 2. The van der Waals surface area contributed by atoms with Gasteiger partial charge in [-0.2, -0.15) is 0 Å². The summed E-state index contributed by atoms with van der Waals surface area (Å²) in [6.45, 7) is 1.64. The second kappa shape index (κ2) is 6.20. The Hall–Kier alpha value is -1.76. The molecule has 2 fully saturated rings. The zero-order valence-electron chi connectivity index (χ0n) is 14.3. The Morgan fingerprint density at radius 2 is 2.08 bits per heavy atom. The first-order valence-corrected chi connectivity index (χ1v) is 10.7. The maximum atomic E-state index is 12.7. The number of ether oxygens (including phenoxy) is 1. The average Bonchev–Trinajstić information content (AvgIpc) is 3.23. The lowest BCUT2D eigenvalue weighted by atomic mass is 9.95. The van der Waals surface area contributed by atoms with Crippen LogP contribution in [0.4, 0.5) is 5.69 Å². The number of nitrogens with zero attached hydrogens (tertiary/aromatic N) is 1. The molecule has 4 unspecified atom stereocenters. The van der Waals surface area contributed by atoms with Crippen LogP contribution in [0.3, 0.4) is 0 Å². The minimum atomic E-state index is -3.46. The monoisotopic (exact) mass is 364 g/mol. The predicted molar refractivity (Wildman–Crippen MR) is 95.0 cm³/mol. The fourth-order valence-corrected chi connectivity index (χ4v) is 5.58. The van der Waals surface area contributed by atoms with E-state index in [9.17, 15) is 13.2 Å². The average molecular weight is 364 g/mol.